The molecule has 336 valence electrons. The molecule has 0 saturated heterocycles. The van der Waals surface area contributed by atoms with Gasteiger partial charge in [-0.25, -0.2) is 28.8 Å². The van der Waals surface area contributed by atoms with E-state index in [0.717, 1.165) is 0 Å². The highest BCUT2D eigenvalue weighted by atomic mass is 127. The predicted molar refractivity (Wildman–Crippen MR) is 211 cm³/mol. The number of urea groups is 2. The molecular weight excluding hydrogens is 935 g/mol. The van der Waals surface area contributed by atoms with Crippen molar-refractivity contribution in [3.8, 4) is 0 Å². The number of nitrogens with one attached hydrogen (secondary N) is 8. The van der Waals surface area contributed by atoms with E-state index in [4.69, 9.17) is 10.2 Å². The average molecular weight is 981 g/mol. The number of carbonyl (C=O) groups excluding carboxylic acids is 6. The molecule has 0 saturated carbocycles. The van der Waals surface area contributed by atoms with Crippen LogP contribution in [0.15, 0.2) is 18.2 Å². The molecule has 0 heterocycles. The van der Waals surface area contributed by atoms with Crippen LogP contribution in [0.25, 0.3) is 0 Å². The Kier molecular flexibility index (Phi) is 23.1. The molecule has 0 aromatic heterocycles. The molecule has 0 aliphatic heterocycles. The van der Waals surface area contributed by atoms with Gasteiger partial charge in [0.15, 0.2) is 0 Å². The summed E-state index contributed by atoms with van der Waals surface area (Å²) in [6.45, 7) is -1.23. The highest BCUT2D eigenvalue weighted by molar-refractivity contribution is 14.1. The number of carboxylic acid groups (broad SMARTS) is 6. The van der Waals surface area contributed by atoms with Crippen LogP contribution in [0.3, 0.4) is 0 Å². The summed E-state index contributed by atoms with van der Waals surface area (Å²) in [5.74, 6) is -12.1. The van der Waals surface area contributed by atoms with Gasteiger partial charge in [-0.3, -0.25) is 28.8 Å². The summed E-state index contributed by atoms with van der Waals surface area (Å²) < 4.78 is 0.526. The van der Waals surface area contributed by atoms with Gasteiger partial charge in [0.1, 0.15) is 37.0 Å². The highest BCUT2D eigenvalue weighted by Gasteiger charge is 2.27. The van der Waals surface area contributed by atoms with E-state index in [9.17, 15) is 78.0 Å². The van der Waals surface area contributed by atoms with Crippen molar-refractivity contribution in [2.75, 3.05) is 26.2 Å². The smallest absolute Gasteiger partial charge is 0.328 e. The van der Waals surface area contributed by atoms with Crippen molar-refractivity contribution in [3.05, 3.63) is 32.9 Å². The average Bonchev–Trinajstić information content (AvgIpc) is 3.15. The normalized spacial score (nSPS) is 12.4. The van der Waals surface area contributed by atoms with E-state index in [1.807, 2.05) is 43.9 Å². The van der Waals surface area contributed by atoms with Crippen molar-refractivity contribution in [3.63, 3.8) is 0 Å². The van der Waals surface area contributed by atoms with Crippen LogP contribution in [0.4, 0.5) is 9.59 Å². The zero-order valence-electron chi connectivity index (χ0n) is 32.0. The van der Waals surface area contributed by atoms with Crippen LogP contribution < -0.4 is 42.5 Å². The molecule has 0 aliphatic carbocycles. The molecule has 0 unspecified atom stereocenters. The molecule has 26 nitrogen and oxygen atoms in total. The van der Waals surface area contributed by atoms with E-state index in [-0.39, 0.29) is 62.7 Å². The summed E-state index contributed by atoms with van der Waals surface area (Å²) in [7, 11) is 0. The first-order chi connectivity index (χ1) is 28.6. The van der Waals surface area contributed by atoms with Gasteiger partial charge in [0.2, 0.25) is 11.8 Å². The SMILES string of the molecule is O=C(O)CC(=O)NC[C@H](NC(=O)N[C@@H](CCCCNC(=O)c1cc(I)cc(C(=O)NCCCC[C@H](NC(=O)N[C@@H](CNC(=O)CC(=O)O)C(=O)O)C(=O)O)c1)C(=O)O)C(=O)O. The lowest BCUT2D eigenvalue weighted by molar-refractivity contribution is -0.143. The Balaban J connectivity index is 2.58. The lowest BCUT2D eigenvalue weighted by Gasteiger charge is -2.19. The van der Waals surface area contributed by atoms with Crippen LogP contribution in [0.2, 0.25) is 0 Å². The Morgan fingerprint density at radius 2 is 0.787 bits per heavy atom. The Morgan fingerprint density at radius 3 is 1.10 bits per heavy atom. The van der Waals surface area contributed by atoms with Gasteiger partial charge in [0.25, 0.3) is 11.8 Å². The molecule has 1 aromatic rings. The van der Waals surface area contributed by atoms with Gasteiger partial charge < -0.3 is 73.2 Å². The number of carboxylic acids is 6. The number of benzene rings is 1. The number of aliphatic carboxylic acids is 6. The Bertz CT molecular complexity index is 1700. The molecule has 0 bridgehead atoms. The van der Waals surface area contributed by atoms with Crippen molar-refractivity contribution in [2.24, 2.45) is 0 Å². The molecule has 14 N–H and O–H groups in total. The zero-order valence-corrected chi connectivity index (χ0v) is 34.1. The summed E-state index contributed by atoms with van der Waals surface area (Å²) in [4.78, 5) is 141. The van der Waals surface area contributed by atoms with Crippen LogP contribution in [0.1, 0.15) is 72.1 Å². The quantitative estimate of drug-likeness (QED) is 0.0238. The van der Waals surface area contributed by atoms with E-state index in [1.165, 1.54) is 18.2 Å². The molecule has 1 aromatic carbocycles. The standard InChI is InChI=1S/C34H45IN8O18/c35-18-10-16(27(50)36-7-3-1-5-19(29(52)53)40-33(60)42-21(31(56)57)14-38-23(44)12-25(46)47)9-17(11-18)28(51)37-8-4-2-6-20(30(54)55)41-34(61)43-22(32(58)59)15-39-24(45)13-26(48)49/h9-11,19-22H,1-8,12-15H2,(H,36,50)(H,37,51)(H,38,44)(H,39,45)(H,46,47)(H,48,49)(H,52,53)(H,54,55)(H,56,57)(H,58,59)(H2,40,42,60)(H2,41,43,61)/t19-,20-,21-,22-/m0/s1. The third-order valence-corrected chi connectivity index (χ3v) is 8.50. The molecule has 8 amide bonds. The van der Waals surface area contributed by atoms with Crippen LogP contribution in [-0.2, 0) is 38.4 Å². The maximum absolute atomic E-state index is 12.9. The maximum atomic E-state index is 12.9. The Labute approximate surface area is 358 Å². The van der Waals surface area contributed by atoms with Crippen LogP contribution in [-0.4, -0.2) is 152 Å². The maximum Gasteiger partial charge on any atom is 0.328 e. The highest BCUT2D eigenvalue weighted by Crippen LogP contribution is 2.14. The number of hydrogen-bond acceptors (Lipinski definition) is 12. The Morgan fingerprint density at radius 1 is 0.459 bits per heavy atom. The topological polar surface area (TPSA) is 422 Å². The first-order valence-corrected chi connectivity index (χ1v) is 19.1. The van der Waals surface area contributed by atoms with Crippen LogP contribution in [0.5, 0.6) is 0 Å². The third-order valence-electron chi connectivity index (χ3n) is 7.88. The molecule has 0 aliphatic rings. The van der Waals surface area contributed by atoms with E-state index < -0.39 is 122 Å². The Hall–Kier alpha value is -6.81. The lowest BCUT2D eigenvalue weighted by atomic mass is 10.1. The third kappa shape index (κ3) is 22.2. The van der Waals surface area contributed by atoms with Crippen LogP contribution in [0, 0.1) is 3.57 Å². The molecule has 27 heteroatoms. The largest absolute Gasteiger partial charge is 0.481 e. The molecule has 61 heavy (non-hydrogen) atoms. The summed E-state index contributed by atoms with van der Waals surface area (Å²) >= 11 is 1.89. The van der Waals surface area contributed by atoms with Gasteiger partial charge in [-0.2, -0.15) is 0 Å². The van der Waals surface area contributed by atoms with E-state index in [2.05, 4.69) is 21.3 Å². The van der Waals surface area contributed by atoms with Gasteiger partial charge in [-0.15, -0.1) is 0 Å². The van der Waals surface area contributed by atoms with Crippen molar-refractivity contribution in [1.29, 1.82) is 0 Å². The minimum Gasteiger partial charge on any atom is -0.481 e. The monoisotopic (exact) mass is 980 g/mol. The van der Waals surface area contributed by atoms with Crippen molar-refractivity contribution < 1.29 is 88.2 Å². The molecule has 0 radical (unpaired) electrons. The van der Waals surface area contributed by atoms with Gasteiger partial charge in [-0.05, 0) is 79.3 Å². The molecule has 1 rings (SSSR count). The minimum absolute atomic E-state index is 0.0578. The van der Waals surface area contributed by atoms with E-state index in [1.54, 1.807) is 0 Å². The first kappa shape index (κ1) is 52.2. The predicted octanol–water partition coefficient (Wildman–Crippen LogP) is -2.32. The summed E-state index contributed by atoms with van der Waals surface area (Å²) in [5.41, 5.74) is 0.236. The lowest BCUT2D eigenvalue weighted by Crippen LogP contribution is -2.54. The number of unbranched alkanes of at least 4 members (excludes halogenated alkanes) is 2. The van der Waals surface area contributed by atoms with Gasteiger partial charge in [-0.1, -0.05) is 0 Å². The molecule has 4 atom stereocenters. The van der Waals surface area contributed by atoms with E-state index in [0.29, 0.717) is 3.57 Å². The molecular formula is C34H45IN8O18. The number of rotatable bonds is 28. The minimum atomic E-state index is -1.71. The fourth-order valence-corrected chi connectivity index (χ4v) is 5.54. The second-order valence-corrected chi connectivity index (χ2v) is 14.0. The van der Waals surface area contributed by atoms with Crippen molar-refractivity contribution in [2.45, 2.75) is 75.5 Å². The van der Waals surface area contributed by atoms with Crippen molar-refractivity contribution >= 4 is 94.1 Å². The van der Waals surface area contributed by atoms with Gasteiger partial charge in [0.05, 0.1) is 0 Å². The zero-order chi connectivity index (χ0) is 46.2. The first-order valence-electron chi connectivity index (χ1n) is 18.0. The van der Waals surface area contributed by atoms with Gasteiger partial charge >= 0.3 is 47.9 Å². The van der Waals surface area contributed by atoms with E-state index >= 15 is 0 Å². The number of amides is 8. The van der Waals surface area contributed by atoms with Gasteiger partial charge in [0, 0.05) is 40.9 Å². The second-order valence-electron chi connectivity index (χ2n) is 12.8. The number of halogens is 1. The fourth-order valence-electron chi connectivity index (χ4n) is 4.87. The second kappa shape index (κ2) is 27.0. The molecule has 0 fully saturated rings. The summed E-state index contributed by atoms with van der Waals surface area (Å²) in [6.07, 6.45) is -1.30. The fraction of sp³-hybridized carbons (Fsp3) is 0.471. The number of carbonyl (C=O) groups is 12. The number of hydrogen-bond donors (Lipinski definition) is 14. The molecule has 0 spiro atoms. The van der Waals surface area contributed by atoms with Crippen molar-refractivity contribution in [1.82, 2.24) is 42.5 Å². The summed E-state index contributed by atoms with van der Waals surface area (Å²) in [5, 5.41) is 72.2. The summed E-state index contributed by atoms with van der Waals surface area (Å²) in [6, 6.07) is -4.38. The van der Waals surface area contributed by atoms with Crippen LogP contribution >= 0.6 is 22.6 Å².